The van der Waals surface area contributed by atoms with E-state index in [1.807, 2.05) is 0 Å². The van der Waals surface area contributed by atoms with Gasteiger partial charge in [-0.1, -0.05) is 46.9 Å². The molecular weight excluding hydrogens is 359 g/mol. The lowest BCUT2D eigenvalue weighted by Crippen LogP contribution is -2.40. The molecule has 7 heteroatoms. The van der Waals surface area contributed by atoms with Gasteiger partial charge in [-0.15, -0.1) is 0 Å². The van der Waals surface area contributed by atoms with Crippen molar-refractivity contribution in [3.63, 3.8) is 0 Å². The van der Waals surface area contributed by atoms with Gasteiger partial charge < -0.3 is 0 Å². The largest absolute Gasteiger partial charge is 0.269 e. The Hall–Kier alpha value is -2.01. The summed E-state index contributed by atoms with van der Waals surface area (Å²) in [6, 6.07) is 11.3. The maximum absolute atomic E-state index is 11.8. The number of hydrazine groups is 1. The highest BCUT2D eigenvalue weighted by Crippen LogP contribution is 2.23. The van der Waals surface area contributed by atoms with Crippen LogP contribution in [0.1, 0.15) is 15.9 Å². The first-order valence-electron chi connectivity index (χ1n) is 6.45. The maximum Gasteiger partial charge on any atom is 0.269 e. The number of hydrogen-bond acceptors (Lipinski definition) is 2. The fourth-order valence-electron chi connectivity index (χ4n) is 1.65. The van der Waals surface area contributed by atoms with Crippen molar-refractivity contribution in [2.45, 2.75) is 0 Å². The summed E-state index contributed by atoms with van der Waals surface area (Å²) in [5.41, 5.74) is 5.60. The Kier molecular flexibility index (Phi) is 6.04. The summed E-state index contributed by atoms with van der Waals surface area (Å²) >= 11 is 17.5. The van der Waals surface area contributed by atoms with Crippen molar-refractivity contribution in [3.8, 4) is 0 Å². The molecule has 2 aromatic carbocycles. The topological polar surface area (TPSA) is 58.2 Å². The van der Waals surface area contributed by atoms with Gasteiger partial charge in [-0.05, 0) is 42.0 Å². The molecule has 0 spiro atoms. The molecule has 2 aromatic rings. The van der Waals surface area contributed by atoms with Gasteiger partial charge in [-0.3, -0.25) is 20.4 Å². The Morgan fingerprint density at radius 1 is 0.913 bits per heavy atom. The van der Waals surface area contributed by atoms with Gasteiger partial charge in [0.1, 0.15) is 0 Å². The van der Waals surface area contributed by atoms with Crippen molar-refractivity contribution in [2.24, 2.45) is 0 Å². The minimum Gasteiger partial charge on any atom is -0.268 e. The number of amides is 2. The predicted molar refractivity (Wildman–Crippen MR) is 92.6 cm³/mol. The van der Waals surface area contributed by atoms with Crippen LogP contribution in [-0.4, -0.2) is 11.8 Å². The second-order valence-corrected chi connectivity index (χ2v) is 5.71. The lowest BCUT2D eigenvalue weighted by Gasteiger charge is -2.05. The third kappa shape index (κ3) is 5.28. The molecule has 0 aliphatic heterocycles. The molecular formula is C16H11Cl3N2O2. The molecule has 0 aliphatic carbocycles. The Labute approximate surface area is 148 Å². The lowest BCUT2D eigenvalue weighted by molar-refractivity contribution is -0.117. The van der Waals surface area contributed by atoms with E-state index in [0.717, 1.165) is 0 Å². The van der Waals surface area contributed by atoms with Crippen LogP contribution >= 0.6 is 34.8 Å². The fourth-order valence-corrected chi connectivity index (χ4v) is 2.15. The van der Waals surface area contributed by atoms with Crippen LogP contribution in [0.15, 0.2) is 48.5 Å². The van der Waals surface area contributed by atoms with E-state index in [4.69, 9.17) is 34.8 Å². The zero-order valence-electron chi connectivity index (χ0n) is 11.6. The fraction of sp³-hybridized carbons (Fsp3) is 0. The summed E-state index contributed by atoms with van der Waals surface area (Å²) < 4.78 is 0. The highest BCUT2D eigenvalue weighted by molar-refractivity contribution is 6.42. The molecule has 2 N–H and O–H groups in total. The number of carbonyl (C=O) groups excluding carboxylic acids is 2. The second-order valence-electron chi connectivity index (χ2n) is 4.46. The molecule has 0 radical (unpaired) electrons. The minimum atomic E-state index is -0.494. The van der Waals surface area contributed by atoms with Gasteiger partial charge in [0.15, 0.2) is 0 Å². The molecule has 0 saturated carbocycles. The monoisotopic (exact) mass is 368 g/mol. The van der Waals surface area contributed by atoms with Gasteiger partial charge in [0.05, 0.1) is 10.0 Å². The van der Waals surface area contributed by atoms with Gasteiger partial charge in [-0.2, -0.15) is 0 Å². The van der Waals surface area contributed by atoms with Crippen LogP contribution in [-0.2, 0) is 4.79 Å². The van der Waals surface area contributed by atoms with E-state index in [-0.39, 0.29) is 0 Å². The van der Waals surface area contributed by atoms with Crippen molar-refractivity contribution in [1.82, 2.24) is 10.9 Å². The number of rotatable bonds is 3. The highest BCUT2D eigenvalue weighted by Gasteiger charge is 2.06. The zero-order valence-corrected chi connectivity index (χ0v) is 13.9. The molecule has 4 nitrogen and oxygen atoms in total. The molecule has 23 heavy (non-hydrogen) atoms. The standard InChI is InChI=1S/C16H11Cl3N2O2/c17-12-3-1-2-11(9-12)16(23)21-20-15(22)7-5-10-4-6-13(18)14(19)8-10/h1-9H,(H,20,22)(H,21,23)/b7-5+. The Bertz CT molecular complexity index is 776. The van der Waals surface area contributed by atoms with Gasteiger partial charge in [0, 0.05) is 16.7 Å². The summed E-state index contributed by atoms with van der Waals surface area (Å²) in [6.07, 6.45) is 2.81. The summed E-state index contributed by atoms with van der Waals surface area (Å²) in [6.45, 7) is 0. The van der Waals surface area contributed by atoms with Crippen molar-refractivity contribution < 1.29 is 9.59 Å². The lowest BCUT2D eigenvalue weighted by atomic mass is 10.2. The Morgan fingerprint density at radius 3 is 2.39 bits per heavy atom. The summed E-state index contributed by atoms with van der Waals surface area (Å²) in [7, 11) is 0. The van der Waals surface area contributed by atoms with Crippen LogP contribution in [0.3, 0.4) is 0 Å². The normalized spacial score (nSPS) is 10.6. The number of hydrogen-bond donors (Lipinski definition) is 2. The number of carbonyl (C=O) groups is 2. The maximum atomic E-state index is 11.8. The quantitative estimate of drug-likeness (QED) is 0.631. The van der Waals surface area contributed by atoms with Crippen LogP contribution in [0.25, 0.3) is 6.08 Å². The molecule has 0 unspecified atom stereocenters. The highest BCUT2D eigenvalue weighted by atomic mass is 35.5. The van der Waals surface area contributed by atoms with Crippen LogP contribution in [0.2, 0.25) is 15.1 Å². The molecule has 0 aliphatic rings. The molecule has 2 amide bonds. The first kappa shape index (κ1) is 17.3. The summed E-state index contributed by atoms with van der Waals surface area (Å²) in [4.78, 5) is 23.5. The van der Waals surface area contributed by atoms with Crippen molar-refractivity contribution >= 4 is 52.7 Å². The Balaban J connectivity index is 1.90. The van der Waals surface area contributed by atoms with E-state index in [0.29, 0.717) is 26.2 Å². The minimum absolute atomic E-state index is 0.339. The molecule has 0 aromatic heterocycles. The van der Waals surface area contributed by atoms with E-state index in [1.165, 1.54) is 12.1 Å². The van der Waals surface area contributed by atoms with Crippen LogP contribution in [0.5, 0.6) is 0 Å². The number of benzene rings is 2. The average Bonchev–Trinajstić information content (AvgIpc) is 2.53. The van der Waals surface area contributed by atoms with Gasteiger partial charge >= 0.3 is 0 Å². The van der Waals surface area contributed by atoms with E-state index in [2.05, 4.69) is 10.9 Å². The van der Waals surface area contributed by atoms with Crippen molar-refractivity contribution in [2.75, 3.05) is 0 Å². The van der Waals surface area contributed by atoms with E-state index < -0.39 is 11.8 Å². The van der Waals surface area contributed by atoms with E-state index in [9.17, 15) is 9.59 Å². The van der Waals surface area contributed by atoms with Crippen molar-refractivity contribution in [1.29, 1.82) is 0 Å². The molecule has 118 valence electrons. The molecule has 0 fully saturated rings. The molecule has 0 bridgehead atoms. The van der Waals surface area contributed by atoms with E-state index >= 15 is 0 Å². The van der Waals surface area contributed by atoms with Gasteiger partial charge in [0.2, 0.25) is 0 Å². The SMILES string of the molecule is O=C(/C=C/c1ccc(Cl)c(Cl)c1)NNC(=O)c1cccc(Cl)c1. The second kappa shape index (κ2) is 8.02. The van der Waals surface area contributed by atoms with E-state index in [1.54, 1.807) is 42.5 Å². The van der Waals surface area contributed by atoms with Crippen LogP contribution in [0, 0.1) is 0 Å². The molecule has 2 rings (SSSR count). The van der Waals surface area contributed by atoms with Gasteiger partial charge in [0.25, 0.3) is 11.8 Å². The average molecular weight is 370 g/mol. The molecule has 0 saturated heterocycles. The third-order valence-corrected chi connectivity index (χ3v) is 3.73. The van der Waals surface area contributed by atoms with Crippen LogP contribution < -0.4 is 10.9 Å². The van der Waals surface area contributed by atoms with Gasteiger partial charge in [-0.25, -0.2) is 0 Å². The molecule has 0 atom stereocenters. The number of nitrogens with one attached hydrogen (secondary N) is 2. The van der Waals surface area contributed by atoms with Crippen molar-refractivity contribution in [3.05, 3.63) is 74.7 Å². The first-order chi connectivity index (χ1) is 11.0. The molecule has 0 heterocycles. The summed E-state index contributed by atoms with van der Waals surface area (Å²) in [5, 5.41) is 1.26. The summed E-state index contributed by atoms with van der Waals surface area (Å²) in [5.74, 6) is -0.963. The van der Waals surface area contributed by atoms with Crippen LogP contribution in [0.4, 0.5) is 0 Å². The Morgan fingerprint density at radius 2 is 1.70 bits per heavy atom. The predicted octanol–water partition coefficient (Wildman–Crippen LogP) is 4.12. The third-order valence-electron chi connectivity index (χ3n) is 2.76. The zero-order chi connectivity index (χ0) is 16.8. The smallest absolute Gasteiger partial charge is 0.268 e. The number of halogens is 3. The first-order valence-corrected chi connectivity index (χ1v) is 7.58.